The van der Waals surface area contributed by atoms with Crippen molar-refractivity contribution in [3.05, 3.63) is 65.7 Å². The van der Waals surface area contributed by atoms with Gasteiger partial charge in [0, 0.05) is 0 Å². The quantitative estimate of drug-likeness (QED) is 0.771. The number of rotatable bonds is 5. The third-order valence-electron chi connectivity index (χ3n) is 4.94. The maximum absolute atomic E-state index is 12.8. The minimum absolute atomic E-state index is 0.222. The lowest BCUT2D eigenvalue weighted by atomic mass is 10.0. The van der Waals surface area contributed by atoms with E-state index in [0.29, 0.717) is 17.9 Å². The summed E-state index contributed by atoms with van der Waals surface area (Å²) in [5.74, 6) is 0.710. The molecule has 1 aliphatic rings. The van der Waals surface area contributed by atoms with Gasteiger partial charge in [0.15, 0.2) is 0 Å². The molecule has 30 heavy (non-hydrogen) atoms. The van der Waals surface area contributed by atoms with Crippen LogP contribution >= 0.6 is 0 Å². The Bertz CT molecular complexity index is 842. The summed E-state index contributed by atoms with van der Waals surface area (Å²) in [5, 5.41) is 11.0. The Hall–Kier alpha value is -2.57. The second-order valence-electron chi connectivity index (χ2n) is 8.96. The van der Waals surface area contributed by atoms with E-state index in [1.54, 1.807) is 13.8 Å². The van der Waals surface area contributed by atoms with Crippen molar-refractivity contribution in [1.29, 1.82) is 0 Å². The number of hydrogen-bond donors (Lipinski definition) is 1. The van der Waals surface area contributed by atoms with Crippen LogP contribution in [0.3, 0.4) is 0 Å². The highest BCUT2D eigenvalue weighted by atomic mass is 16.6. The van der Waals surface area contributed by atoms with Gasteiger partial charge in [0.1, 0.15) is 29.8 Å². The van der Waals surface area contributed by atoms with E-state index in [1.807, 2.05) is 75.4 Å². The molecule has 1 fully saturated rings. The molecule has 6 heteroatoms. The summed E-state index contributed by atoms with van der Waals surface area (Å²) in [6, 6.07) is 16.6. The van der Waals surface area contributed by atoms with E-state index in [9.17, 15) is 9.90 Å². The molecule has 1 heterocycles. The fourth-order valence-corrected chi connectivity index (χ4v) is 3.46. The summed E-state index contributed by atoms with van der Waals surface area (Å²) >= 11 is 0. The van der Waals surface area contributed by atoms with Gasteiger partial charge in [-0.05, 0) is 57.9 Å². The fraction of sp³-hybridized carbons (Fsp3) is 0.458. The molecule has 0 spiro atoms. The van der Waals surface area contributed by atoms with Crippen molar-refractivity contribution in [2.24, 2.45) is 0 Å². The zero-order valence-electron chi connectivity index (χ0n) is 18.3. The average Bonchev–Trinajstić information content (AvgIpc) is 3.01. The van der Waals surface area contributed by atoms with E-state index in [-0.39, 0.29) is 6.61 Å². The number of carbonyl (C=O) groups excluding carboxylic acids is 1. The molecule has 6 nitrogen and oxygen atoms in total. The molecule has 2 atom stereocenters. The van der Waals surface area contributed by atoms with Crippen molar-refractivity contribution in [3.8, 4) is 5.75 Å². The van der Waals surface area contributed by atoms with E-state index in [1.165, 1.54) is 4.90 Å². The van der Waals surface area contributed by atoms with Gasteiger partial charge in [-0.1, -0.05) is 42.5 Å². The molecular formula is C24H31NO5. The van der Waals surface area contributed by atoms with Crippen molar-refractivity contribution in [2.75, 3.05) is 6.61 Å². The summed E-state index contributed by atoms with van der Waals surface area (Å²) < 4.78 is 17.1. The zero-order chi connectivity index (χ0) is 21.9. The SMILES string of the molecule is CC(C)(C)OC(=O)N1[C@H]([C@@H](O)c2ccc(OCc3ccccc3)cc2)COC1(C)C. The van der Waals surface area contributed by atoms with Crippen LogP contribution in [-0.2, 0) is 16.1 Å². The predicted molar refractivity (Wildman–Crippen MR) is 114 cm³/mol. The molecule has 0 radical (unpaired) electrons. The first-order valence-corrected chi connectivity index (χ1v) is 10.2. The number of amides is 1. The van der Waals surface area contributed by atoms with Gasteiger partial charge in [-0.15, -0.1) is 0 Å². The van der Waals surface area contributed by atoms with Crippen molar-refractivity contribution in [3.63, 3.8) is 0 Å². The van der Waals surface area contributed by atoms with E-state index in [2.05, 4.69) is 0 Å². The van der Waals surface area contributed by atoms with Gasteiger partial charge in [0.25, 0.3) is 0 Å². The highest BCUT2D eigenvalue weighted by molar-refractivity contribution is 5.70. The number of nitrogens with zero attached hydrogens (tertiary/aromatic N) is 1. The highest BCUT2D eigenvalue weighted by Gasteiger charge is 2.48. The molecular weight excluding hydrogens is 382 g/mol. The second kappa shape index (κ2) is 8.66. The van der Waals surface area contributed by atoms with Crippen LogP contribution in [0, 0.1) is 0 Å². The molecule has 0 saturated carbocycles. The Morgan fingerprint density at radius 2 is 1.80 bits per heavy atom. The molecule has 0 bridgehead atoms. The van der Waals surface area contributed by atoms with Gasteiger partial charge in [0.2, 0.25) is 0 Å². The van der Waals surface area contributed by atoms with E-state index < -0.39 is 29.6 Å². The zero-order valence-corrected chi connectivity index (χ0v) is 18.3. The minimum Gasteiger partial charge on any atom is -0.489 e. The fourth-order valence-electron chi connectivity index (χ4n) is 3.46. The Kier molecular flexibility index (Phi) is 6.38. The summed E-state index contributed by atoms with van der Waals surface area (Å²) in [5.41, 5.74) is 0.261. The molecule has 3 rings (SSSR count). The van der Waals surface area contributed by atoms with Crippen LogP contribution in [-0.4, -0.2) is 40.1 Å². The lowest BCUT2D eigenvalue weighted by Crippen LogP contribution is -2.51. The van der Waals surface area contributed by atoms with Crippen molar-refractivity contribution in [1.82, 2.24) is 4.90 Å². The molecule has 0 aromatic heterocycles. The third kappa shape index (κ3) is 5.32. The van der Waals surface area contributed by atoms with Crippen LogP contribution in [0.1, 0.15) is 51.8 Å². The average molecular weight is 414 g/mol. The van der Waals surface area contributed by atoms with Crippen molar-refractivity contribution >= 4 is 6.09 Å². The van der Waals surface area contributed by atoms with E-state index >= 15 is 0 Å². The standard InChI is InChI=1S/C24H31NO5/c1-23(2,3)30-22(27)25-20(16-29-24(25,4)5)21(26)18-11-13-19(14-12-18)28-15-17-9-7-6-8-10-17/h6-14,20-21,26H,15-16H2,1-5H3/t20-,21-/m0/s1. The number of carbonyl (C=O) groups is 1. The van der Waals surface area contributed by atoms with Gasteiger partial charge in [-0.3, -0.25) is 4.90 Å². The van der Waals surface area contributed by atoms with E-state index in [4.69, 9.17) is 14.2 Å². The molecule has 0 aliphatic carbocycles. The number of aliphatic hydroxyl groups excluding tert-OH is 1. The number of aliphatic hydroxyl groups is 1. The maximum atomic E-state index is 12.8. The van der Waals surface area contributed by atoms with E-state index in [0.717, 1.165) is 5.56 Å². The maximum Gasteiger partial charge on any atom is 0.413 e. The van der Waals surface area contributed by atoms with Gasteiger partial charge in [-0.25, -0.2) is 4.79 Å². The number of benzene rings is 2. The van der Waals surface area contributed by atoms with Crippen molar-refractivity contribution in [2.45, 2.75) is 64.7 Å². The van der Waals surface area contributed by atoms with Crippen LogP contribution in [0.5, 0.6) is 5.75 Å². The summed E-state index contributed by atoms with van der Waals surface area (Å²) in [6.07, 6.45) is -1.42. The first kappa shape index (κ1) is 22.1. The Labute approximate surface area is 178 Å². The monoisotopic (exact) mass is 413 g/mol. The van der Waals surface area contributed by atoms with Crippen molar-refractivity contribution < 1.29 is 24.1 Å². The summed E-state index contributed by atoms with van der Waals surface area (Å²) in [7, 11) is 0. The van der Waals surface area contributed by atoms with Gasteiger partial charge in [0.05, 0.1) is 12.6 Å². The van der Waals surface area contributed by atoms with Gasteiger partial charge in [-0.2, -0.15) is 0 Å². The Morgan fingerprint density at radius 1 is 1.17 bits per heavy atom. The van der Waals surface area contributed by atoms with Gasteiger partial charge < -0.3 is 19.3 Å². The van der Waals surface area contributed by atoms with Crippen LogP contribution in [0.15, 0.2) is 54.6 Å². The minimum atomic E-state index is -0.914. The molecule has 1 aliphatic heterocycles. The summed E-state index contributed by atoms with van der Waals surface area (Å²) in [4.78, 5) is 14.3. The Balaban J connectivity index is 1.69. The lowest BCUT2D eigenvalue weighted by Gasteiger charge is -2.36. The predicted octanol–water partition coefficient (Wildman–Crippen LogP) is 4.67. The number of ether oxygens (including phenoxy) is 3. The largest absolute Gasteiger partial charge is 0.489 e. The van der Waals surface area contributed by atoms with Crippen LogP contribution in [0.2, 0.25) is 0 Å². The first-order valence-electron chi connectivity index (χ1n) is 10.2. The lowest BCUT2D eigenvalue weighted by molar-refractivity contribution is -0.0679. The normalized spacial score (nSPS) is 19.4. The highest BCUT2D eigenvalue weighted by Crippen LogP contribution is 2.35. The molecule has 162 valence electrons. The molecule has 0 unspecified atom stereocenters. The molecule has 1 amide bonds. The van der Waals surface area contributed by atoms with Crippen LogP contribution in [0.4, 0.5) is 4.79 Å². The Morgan fingerprint density at radius 3 is 2.40 bits per heavy atom. The number of hydrogen-bond acceptors (Lipinski definition) is 5. The third-order valence-corrected chi connectivity index (χ3v) is 4.94. The molecule has 1 N–H and O–H groups in total. The van der Waals surface area contributed by atoms with Crippen LogP contribution < -0.4 is 4.74 Å². The molecule has 2 aromatic carbocycles. The molecule has 2 aromatic rings. The van der Waals surface area contributed by atoms with Crippen LogP contribution in [0.25, 0.3) is 0 Å². The molecule has 1 saturated heterocycles. The van der Waals surface area contributed by atoms with Gasteiger partial charge >= 0.3 is 6.09 Å². The smallest absolute Gasteiger partial charge is 0.413 e. The topological polar surface area (TPSA) is 68.2 Å². The second-order valence-corrected chi connectivity index (χ2v) is 8.96. The first-order chi connectivity index (χ1) is 14.1. The summed E-state index contributed by atoms with van der Waals surface area (Å²) in [6.45, 7) is 9.73.